The van der Waals surface area contributed by atoms with E-state index < -0.39 is 12.1 Å². The van der Waals surface area contributed by atoms with E-state index in [-0.39, 0.29) is 12.5 Å². The molecular weight excluding hydrogens is 879 g/mol. The Hall–Kier alpha value is -2.43. The van der Waals surface area contributed by atoms with E-state index in [2.05, 4.69) is 92.1 Å². The van der Waals surface area contributed by atoms with E-state index in [1.54, 1.807) is 6.08 Å². The molecule has 2 atom stereocenters. The average Bonchev–Trinajstić information content (AvgIpc) is 3.39. The number of carbonyl (C=O) groups excluding carboxylic acids is 1. The van der Waals surface area contributed by atoms with Gasteiger partial charge in [0, 0.05) is 6.42 Å². The summed E-state index contributed by atoms with van der Waals surface area (Å²) in [6.45, 7) is 4.21. The highest BCUT2D eigenvalue weighted by Gasteiger charge is 2.18. The standard InChI is InChI=1S/C68H123NO3/c1-3-5-7-9-11-13-15-17-19-21-23-25-26-27-28-29-30-31-32-33-34-35-36-37-38-39-40-41-42-44-46-48-50-52-54-56-58-60-62-64-68(72)69-66(65-70)67(71)63-61-59-57-55-53-51-49-47-45-43-24-22-20-18-16-14-12-10-8-6-4-2/h5,7,11,13,17,19,23,25,27-28,53,55,61,63,66-67,70-71H,3-4,6,8-10,12,14-16,18,20-22,24,26,29-52,54,56-60,62,64-65H2,1-2H3,(H,69,72)/b7-5-,13-11-,19-17-,25-23-,28-27-,55-53+,63-61+. The molecule has 0 saturated carbocycles. The van der Waals surface area contributed by atoms with Gasteiger partial charge in [-0.1, -0.05) is 324 Å². The van der Waals surface area contributed by atoms with Crippen molar-refractivity contribution in [2.24, 2.45) is 0 Å². The number of rotatable bonds is 58. The molecule has 0 aromatic heterocycles. The van der Waals surface area contributed by atoms with Crippen LogP contribution in [0.25, 0.3) is 0 Å². The second-order valence-electron chi connectivity index (χ2n) is 21.4. The zero-order valence-corrected chi connectivity index (χ0v) is 48.2. The van der Waals surface area contributed by atoms with E-state index in [4.69, 9.17) is 0 Å². The molecule has 0 saturated heterocycles. The fourth-order valence-electron chi connectivity index (χ4n) is 9.58. The summed E-state index contributed by atoms with van der Waals surface area (Å²) in [7, 11) is 0. The van der Waals surface area contributed by atoms with Crippen LogP contribution in [0.1, 0.15) is 322 Å². The maximum absolute atomic E-state index is 12.5. The minimum Gasteiger partial charge on any atom is -0.394 e. The molecule has 418 valence electrons. The molecule has 0 spiro atoms. The van der Waals surface area contributed by atoms with E-state index in [0.29, 0.717) is 6.42 Å². The van der Waals surface area contributed by atoms with Crippen molar-refractivity contribution < 1.29 is 15.0 Å². The van der Waals surface area contributed by atoms with Gasteiger partial charge in [-0.05, 0) is 77.0 Å². The highest BCUT2D eigenvalue weighted by atomic mass is 16.3. The maximum atomic E-state index is 12.5. The maximum Gasteiger partial charge on any atom is 0.220 e. The van der Waals surface area contributed by atoms with Gasteiger partial charge < -0.3 is 15.5 Å². The molecule has 2 unspecified atom stereocenters. The van der Waals surface area contributed by atoms with Gasteiger partial charge in [0.25, 0.3) is 0 Å². The minimum atomic E-state index is -0.864. The molecule has 0 aliphatic carbocycles. The van der Waals surface area contributed by atoms with Crippen LogP contribution in [-0.4, -0.2) is 34.9 Å². The van der Waals surface area contributed by atoms with E-state index in [0.717, 1.165) is 64.2 Å². The zero-order valence-electron chi connectivity index (χ0n) is 48.2. The number of hydrogen-bond donors (Lipinski definition) is 3. The van der Waals surface area contributed by atoms with Crippen molar-refractivity contribution in [1.82, 2.24) is 5.32 Å². The Bertz CT molecular complexity index is 1270. The molecule has 4 nitrogen and oxygen atoms in total. The molecule has 0 rings (SSSR count). The third kappa shape index (κ3) is 58.5. The Balaban J connectivity index is 3.46. The first kappa shape index (κ1) is 69.6. The smallest absolute Gasteiger partial charge is 0.220 e. The predicted molar refractivity (Wildman–Crippen MR) is 322 cm³/mol. The van der Waals surface area contributed by atoms with Crippen molar-refractivity contribution in [3.05, 3.63) is 85.1 Å². The first-order valence-electron chi connectivity index (χ1n) is 31.8. The minimum absolute atomic E-state index is 0.0697. The lowest BCUT2D eigenvalue weighted by atomic mass is 10.0. The fraction of sp³-hybridized carbons (Fsp3) is 0.779. The van der Waals surface area contributed by atoms with Crippen molar-refractivity contribution in [2.75, 3.05) is 6.61 Å². The van der Waals surface area contributed by atoms with E-state index in [1.807, 2.05) is 6.08 Å². The molecule has 72 heavy (non-hydrogen) atoms. The van der Waals surface area contributed by atoms with Crippen LogP contribution in [0, 0.1) is 0 Å². The van der Waals surface area contributed by atoms with Crippen LogP contribution in [0.3, 0.4) is 0 Å². The number of nitrogens with one attached hydrogen (secondary N) is 1. The number of aliphatic hydroxyl groups excluding tert-OH is 2. The summed E-state index contributed by atoms with van der Waals surface area (Å²) in [5.41, 5.74) is 0. The van der Waals surface area contributed by atoms with Gasteiger partial charge in [-0.15, -0.1) is 0 Å². The molecular formula is C68H123NO3. The molecule has 0 fully saturated rings. The summed E-state index contributed by atoms with van der Waals surface area (Å²) < 4.78 is 0. The number of amides is 1. The van der Waals surface area contributed by atoms with Gasteiger partial charge in [-0.25, -0.2) is 0 Å². The molecule has 0 aromatic carbocycles. The highest BCUT2D eigenvalue weighted by Crippen LogP contribution is 2.17. The molecule has 3 N–H and O–H groups in total. The lowest BCUT2D eigenvalue weighted by molar-refractivity contribution is -0.123. The zero-order chi connectivity index (χ0) is 52.0. The van der Waals surface area contributed by atoms with Gasteiger partial charge in [0.05, 0.1) is 18.8 Å². The molecule has 4 heteroatoms. The summed E-state index contributed by atoms with van der Waals surface area (Å²) in [4.78, 5) is 12.5. The molecule has 0 radical (unpaired) electrons. The predicted octanol–water partition coefficient (Wildman–Crippen LogP) is 21.5. The first-order valence-corrected chi connectivity index (χ1v) is 31.8. The lowest BCUT2D eigenvalue weighted by Crippen LogP contribution is -2.45. The average molecular weight is 1000 g/mol. The summed E-state index contributed by atoms with van der Waals surface area (Å²) in [6, 6.07) is -0.641. The van der Waals surface area contributed by atoms with E-state index in [1.165, 1.54) is 238 Å². The summed E-state index contributed by atoms with van der Waals surface area (Å²) in [6.07, 6.45) is 92.1. The summed E-state index contributed by atoms with van der Waals surface area (Å²) >= 11 is 0. The normalized spacial score (nSPS) is 13.3. The van der Waals surface area contributed by atoms with Gasteiger partial charge in [0.1, 0.15) is 0 Å². The number of carbonyl (C=O) groups is 1. The van der Waals surface area contributed by atoms with Crippen molar-refractivity contribution in [1.29, 1.82) is 0 Å². The fourth-order valence-corrected chi connectivity index (χ4v) is 9.58. The van der Waals surface area contributed by atoms with Gasteiger partial charge in [-0.2, -0.15) is 0 Å². The molecule has 0 aliphatic heterocycles. The molecule has 0 aromatic rings. The van der Waals surface area contributed by atoms with E-state index in [9.17, 15) is 15.0 Å². The third-order valence-electron chi connectivity index (χ3n) is 14.4. The number of hydrogen-bond acceptors (Lipinski definition) is 3. The second kappa shape index (κ2) is 62.9. The van der Waals surface area contributed by atoms with Crippen molar-refractivity contribution in [2.45, 2.75) is 334 Å². The molecule has 0 heterocycles. The Morgan fingerprint density at radius 1 is 0.347 bits per heavy atom. The Morgan fingerprint density at radius 3 is 0.972 bits per heavy atom. The van der Waals surface area contributed by atoms with Crippen LogP contribution in [0.15, 0.2) is 85.1 Å². The lowest BCUT2D eigenvalue weighted by Gasteiger charge is -2.19. The van der Waals surface area contributed by atoms with Crippen LogP contribution in [0.5, 0.6) is 0 Å². The second-order valence-corrected chi connectivity index (χ2v) is 21.4. The van der Waals surface area contributed by atoms with Crippen molar-refractivity contribution in [3.63, 3.8) is 0 Å². The Morgan fingerprint density at radius 2 is 0.625 bits per heavy atom. The quantitative estimate of drug-likeness (QED) is 0.0420. The Kier molecular flexibility index (Phi) is 60.7. The first-order chi connectivity index (χ1) is 35.7. The SMILES string of the molecule is CC/C=C\C/C=C\C/C=C\C/C=C\C/C=C\CCCCCCCCCCCCCCCCCCCCCCCCCC(=O)NC(CO)C(O)/C=C/CC/C=C/CCCCCCCCCCCCCCCCC. The third-order valence-corrected chi connectivity index (χ3v) is 14.4. The summed E-state index contributed by atoms with van der Waals surface area (Å²) in [5.74, 6) is -0.0697. The van der Waals surface area contributed by atoms with Gasteiger partial charge in [-0.3, -0.25) is 4.79 Å². The molecule has 0 aliphatic rings. The number of allylic oxidation sites excluding steroid dienone is 13. The molecule has 1 amide bonds. The highest BCUT2D eigenvalue weighted by molar-refractivity contribution is 5.76. The topological polar surface area (TPSA) is 69.6 Å². The van der Waals surface area contributed by atoms with Gasteiger partial charge >= 0.3 is 0 Å². The largest absolute Gasteiger partial charge is 0.394 e. The van der Waals surface area contributed by atoms with Gasteiger partial charge in [0.15, 0.2) is 0 Å². The van der Waals surface area contributed by atoms with Crippen molar-refractivity contribution in [3.8, 4) is 0 Å². The number of unbranched alkanes of at least 4 members (excludes halogenated alkanes) is 39. The monoisotopic (exact) mass is 1000 g/mol. The van der Waals surface area contributed by atoms with Crippen molar-refractivity contribution >= 4 is 5.91 Å². The Labute approximate surface area is 450 Å². The summed E-state index contributed by atoms with van der Waals surface area (Å²) in [5, 5.41) is 23.2. The van der Waals surface area contributed by atoms with Crippen LogP contribution in [-0.2, 0) is 4.79 Å². The van der Waals surface area contributed by atoms with Gasteiger partial charge in [0.2, 0.25) is 5.91 Å². The molecule has 0 bridgehead atoms. The van der Waals surface area contributed by atoms with Crippen LogP contribution in [0.4, 0.5) is 0 Å². The number of aliphatic hydroxyl groups is 2. The van der Waals surface area contributed by atoms with Crippen LogP contribution < -0.4 is 5.32 Å². The van der Waals surface area contributed by atoms with Crippen LogP contribution in [0.2, 0.25) is 0 Å². The van der Waals surface area contributed by atoms with Crippen LogP contribution >= 0.6 is 0 Å². The van der Waals surface area contributed by atoms with E-state index >= 15 is 0 Å².